The first-order chi connectivity index (χ1) is 9.92. The first-order valence-electron chi connectivity index (χ1n) is 6.78. The minimum atomic E-state index is -3.69. The summed E-state index contributed by atoms with van der Waals surface area (Å²) in [6.45, 7) is 4.66. The zero-order valence-electron chi connectivity index (χ0n) is 12.4. The second-order valence-corrected chi connectivity index (χ2v) is 6.75. The van der Waals surface area contributed by atoms with Gasteiger partial charge in [-0.25, -0.2) is 0 Å². The largest absolute Gasteiger partial charge is 0.446 e. The Hall–Kier alpha value is -1.79. The molecule has 0 aliphatic carbocycles. The van der Waals surface area contributed by atoms with Crippen molar-refractivity contribution in [1.82, 2.24) is 5.32 Å². The van der Waals surface area contributed by atoms with Crippen LogP contribution in [0.4, 0.5) is 5.69 Å². The predicted molar refractivity (Wildman–Crippen MR) is 82.8 cm³/mol. The average molecular weight is 308 g/mol. The molecule has 2 aromatic rings. The predicted octanol–water partition coefficient (Wildman–Crippen LogP) is 2.92. The van der Waals surface area contributed by atoms with Crippen LogP contribution in [0.15, 0.2) is 45.9 Å². The van der Waals surface area contributed by atoms with Gasteiger partial charge in [-0.3, -0.25) is 4.72 Å². The summed E-state index contributed by atoms with van der Waals surface area (Å²) in [7, 11) is -1.92. The van der Waals surface area contributed by atoms with Gasteiger partial charge in [-0.15, -0.1) is 0 Å². The van der Waals surface area contributed by atoms with Crippen LogP contribution in [-0.2, 0) is 16.6 Å². The van der Waals surface area contributed by atoms with Crippen LogP contribution in [0.2, 0.25) is 0 Å². The van der Waals surface area contributed by atoms with E-state index in [0.29, 0.717) is 23.9 Å². The molecule has 0 fully saturated rings. The van der Waals surface area contributed by atoms with Crippen LogP contribution in [-0.4, -0.2) is 15.5 Å². The molecule has 2 N–H and O–H groups in total. The summed E-state index contributed by atoms with van der Waals surface area (Å²) >= 11 is 0. The fourth-order valence-electron chi connectivity index (χ4n) is 1.91. The Balaban J connectivity index is 2.16. The maximum atomic E-state index is 12.2. The highest BCUT2D eigenvalue weighted by Gasteiger charge is 2.18. The number of anilines is 1. The van der Waals surface area contributed by atoms with E-state index in [2.05, 4.69) is 23.9 Å². The highest BCUT2D eigenvalue weighted by Crippen LogP contribution is 2.21. The van der Waals surface area contributed by atoms with Gasteiger partial charge in [-0.05, 0) is 42.8 Å². The van der Waals surface area contributed by atoms with Gasteiger partial charge < -0.3 is 9.73 Å². The summed E-state index contributed by atoms with van der Waals surface area (Å²) in [5, 5.41) is 2.82. The lowest BCUT2D eigenvalue weighted by Crippen LogP contribution is -2.12. The van der Waals surface area contributed by atoms with E-state index in [-0.39, 0.29) is 5.09 Å². The van der Waals surface area contributed by atoms with Gasteiger partial charge >= 0.3 is 0 Å². The molecule has 0 amide bonds. The van der Waals surface area contributed by atoms with Gasteiger partial charge in [0.2, 0.25) is 5.09 Å². The highest BCUT2D eigenvalue weighted by atomic mass is 32.2. The van der Waals surface area contributed by atoms with Crippen molar-refractivity contribution in [2.75, 3.05) is 11.8 Å². The number of nitrogens with one attached hydrogen (secondary N) is 2. The summed E-state index contributed by atoms with van der Waals surface area (Å²) in [5.74, 6) is 0.984. The van der Waals surface area contributed by atoms with E-state index in [1.807, 2.05) is 12.1 Å². The third kappa shape index (κ3) is 3.86. The van der Waals surface area contributed by atoms with Crippen molar-refractivity contribution in [2.24, 2.45) is 0 Å². The average Bonchev–Trinajstić information content (AvgIpc) is 2.89. The Labute approximate surface area is 125 Å². The van der Waals surface area contributed by atoms with Crippen LogP contribution >= 0.6 is 0 Å². The molecule has 0 unspecified atom stereocenters. The van der Waals surface area contributed by atoms with Crippen molar-refractivity contribution >= 4 is 15.7 Å². The van der Waals surface area contributed by atoms with Crippen molar-refractivity contribution in [3.63, 3.8) is 0 Å². The maximum absolute atomic E-state index is 12.2. The van der Waals surface area contributed by atoms with Gasteiger partial charge in [0.25, 0.3) is 10.0 Å². The van der Waals surface area contributed by atoms with Gasteiger partial charge in [0.1, 0.15) is 5.76 Å². The molecule has 0 saturated carbocycles. The Kier molecular flexibility index (Phi) is 4.69. The number of benzene rings is 1. The minimum absolute atomic E-state index is 0.0827. The SMILES string of the molecule is CNCc1ccc(S(=O)(=O)Nc2ccc(C(C)C)cc2)o1. The Morgan fingerprint density at radius 3 is 2.33 bits per heavy atom. The molecule has 0 aliphatic heterocycles. The van der Waals surface area contributed by atoms with Gasteiger partial charge in [-0.1, -0.05) is 26.0 Å². The summed E-state index contributed by atoms with van der Waals surface area (Å²) in [4.78, 5) is 0. The number of hydrogen-bond donors (Lipinski definition) is 2. The molecular weight excluding hydrogens is 288 g/mol. The molecule has 21 heavy (non-hydrogen) atoms. The van der Waals surface area contributed by atoms with E-state index in [9.17, 15) is 8.42 Å². The van der Waals surface area contributed by atoms with Crippen LogP contribution in [0.1, 0.15) is 31.1 Å². The molecule has 114 valence electrons. The molecule has 1 heterocycles. The summed E-state index contributed by atoms with van der Waals surface area (Å²) < 4.78 is 32.2. The molecule has 0 atom stereocenters. The molecule has 6 heteroatoms. The first-order valence-corrected chi connectivity index (χ1v) is 8.27. The molecule has 2 rings (SSSR count). The normalized spacial score (nSPS) is 11.8. The zero-order valence-corrected chi connectivity index (χ0v) is 13.2. The van der Waals surface area contributed by atoms with Crippen molar-refractivity contribution in [3.05, 3.63) is 47.7 Å². The van der Waals surface area contributed by atoms with E-state index in [0.717, 1.165) is 5.56 Å². The smallest absolute Gasteiger partial charge is 0.295 e. The second kappa shape index (κ2) is 6.32. The molecule has 0 saturated heterocycles. The van der Waals surface area contributed by atoms with E-state index >= 15 is 0 Å². The van der Waals surface area contributed by atoms with Crippen LogP contribution in [0, 0.1) is 0 Å². The fraction of sp³-hybridized carbons (Fsp3) is 0.333. The Morgan fingerprint density at radius 1 is 1.10 bits per heavy atom. The number of rotatable bonds is 6. The summed E-state index contributed by atoms with van der Waals surface area (Å²) in [6, 6.07) is 10.4. The molecule has 1 aromatic heterocycles. The lowest BCUT2D eigenvalue weighted by Gasteiger charge is -2.08. The molecular formula is C15H20N2O3S. The third-order valence-corrected chi connectivity index (χ3v) is 4.34. The van der Waals surface area contributed by atoms with Crippen LogP contribution in [0.5, 0.6) is 0 Å². The monoisotopic (exact) mass is 308 g/mol. The summed E-state index contributed by atoms with van der Waals surface area (Å²) in [6.07, 6.45) is 0. The first kappa shape index (κ1) is 15.6. The molecule has 0 radical (unpaired) electrons. The topological polar surface area (TPSA) is 71.3 Å². The molecule has 5 nitrogen and oxygen atoms in total. The zero-order chi connectivity index (χ0) is 15.5. The van der Waals surface area contributed by atoms with Crippen LogP contribution in [0.3, 0.4) is 0 Å². The standard InChI is InChI=1S/C15H20N2O3S/c1-11(2)12-4-6-13(7-5-12)17-21(18,19)15-9-8-14(20-15)10-16-3/h4-9,11,16-17H,10H2,1-3H3. The van der Waals surface area contributed by atoms with E-state index in [4.69, 9.17) is 4.42 Å². The van der Waals surface area contributed by atoms with Crippen LogP contribution in [0.25, 0.3) is 0 Å². The lowest BCUT2D eigenvalue weighted by atomic mass is 10.0. The Bertz CT molecular complexity index is 688. The number of hydrogen-bond acceptors (Lipinski definition) is 4. The minimum Gasteiger partial charge on any atom is -0.446 e. The molecule has 0 aliphatic rings. The molecule has 0 bridgehead atoms. The fourth-order valence-corrected chi connectivity index (χ4v) is 2.92. The van der Waals surface area contributed by atoms with Gasteiger partial charge in [0.15, 0.2) is 0 Å². The quantitative estimate of drug-likeness (QED) is 0.860. The van der Waals surface area contributed by atoms with E-state index in [1.54, 1.807) is 25.2 Å². The third-order valence-electron chi connectivity index (χ3n) is 3.08. The van der Waals surface area contributed by atoms with E-state index in [1.165, 1.54) is 6.07 Å². The number of sulfonamides is 1. The van der Waals surface area contributed by atoms with Crippen molar-refractivity contribution < 1.29 is 12.8 Å². The van der Waals surface area contributed by atoms with Crippen LogP contribution < -0.4 is 10.0 Å². The Morgan fingerprint density at radius 2 is 1.76 bits per heavy atom. The van der Waals surface area contributed by atoms with Crippen molar-refractivity contribution in [1.29, 1.82) is 0 Å². The number of furan rings is 1. The molecule has 1 aromatic carbocycles. The molecule has 0 spiro atoms. The summed E-state index contributed by atoms with van der Waals surface area (Å²) in [5.41, 5.74) is 1.68. The van der Waals surface area contributed by atoms with Gasteiger partial charge in [-0.2, -0.15) is 8.42 Å². The highest BCUT2D eigenvalue weighted by molar-refractivity contribution is 7.92. The van der Waals surface area contributed by atoms with E-state index < -0.39 is 10.0 Å². The maximum Gasteiger partial charge on any atom is 0.295 e. The second-order valence-electron chi connectivity index (χ2n) is 5.13. The van der Waals surface area contributed by atoms with Crippen molar-refractivity contribution in [3.8, 4) is 0 Å². The van der Waals surface area contributed by atoms with Gasteiger partial charge in [0, 0.05) is 5.69 Å². The van der Waals surface area contributed by atoms with Gasteiger partial charge in [0.05, 0.1) is 6.54 Å². The lowest BCUT2D eigenvalue weighted by molar-refractivity contribution is 0.408. The van der Waals surface area contributed by atoms with Crippen molar-refractivity contribution in [2.45, 2.75) is 31.4 Å².